The van der Waals surface area contributed by atoms with E-state index in [-0.39, 0.29) is 0 Å². The van der Waals surface area contributed by atoms with E-state index in [9.17, 15) is 0 Å². The van der Waals surface area contributed by atoms with Gasteiger partial charge in [-0.2, -0.15) is 0 Å². The molecule has 1 aromatic heterocycles. The van der Waals surface area contributed by atoms with E-state index in [0.717, 1.165) is 50.9 Å². The number of hydrogen-bond donors (Lipinski definition) is 2. The third kappa shape index (κ3) is 8.65. The van der Waals surface area contributed by atoms with Gasteiger partial charge in [0.25, 0.3) is 0 Å². The van der Waals surface area contributed by atoms with Crippen molar-refractivity contribution >= 4 is 5.96 Å². The molecule has 0 bridgehead atoms. The number of morpholine rings is 1. The number of benzene rings is 1. The molecule has 0 radical (unpaired) electrons. The SMILES string of the molecule is CCNC(=NCc1ccc(CN2CC(C)OC(C)C2)cc1)NCCCOCc1ccco1. The molecule has 32 heavy (non-hydrogen) atoms. The van der Waals surface area contributed by atoms with Crippen LogP contribution in [0.15, 0.2) is 52.1 Å². The van der Waals surface area contributed by atoms with Crippen LogP contribution in [0.4, 0.5) is 0 Å². The Bertz CT molecular complexity index is 782. The van der Waals surface area contributed by atoms with Crippen LogP contribution in [0, 0.1) is 0 Å². The summed E-state index contributed by atoms with van der Waals surface area (Å²) < 4.78 is 16.7. The summed E-state index contributed by atoms with van der Waals surface area (Å²) in [4.78, 5) is 7.19. The zero-order chi connectivity index (χ0) is 22.6. The van der Waals surface area contributed by atoms with Crippen molar-refractivity contribution in [2.24, 2.45) is 4.99 Å². The maximum atomic E-state index is 5.83. The summed E-state index contributed by atoms with van der Waals surface area (Å²) in [5.41, 5.74) is 2.54. The summed E-state index contributed by atoms with van der Waals surface area (Å²) >= 11 is 0. The molecule has 7 nitrogen and oxygen atoms in total. The van der Waals surface area contributed by atoms with Gasteiger partial charge in [0, 0.05) is 39.3 Å². The number of guanidine groups is 1. The first kappa shape index (κ1) is 24.3. The molecule has 176 valence electrons. The van der Waals surface area contributed by atoms with Gasteiger partial charge in [0.15, 0.2) is 5.96 Å². The molecular weight excluding hydrogens is 404 g/mol. The number of nitrogens with zero attached hydrogens (tertiary/aromatic N) is 2. The molecule has 2 heterocycles. The topological polar surface area (TPSA) is 71.3 Å². The van der Waals surface area contributed by atoms with Gasteiger partial charge in [-0.25, -0.2) is 4.99 Å². The van der Waals surface area contributed by atoms with Gasteiger partial charge in [-0.05, 0) is 50.5 Å². The maximum absolute atomic E-state index is 5.83. The smallest absolute Gasteiger partial charge is 0.191 e. The van der Waals surface area contributed by atoms with Crippen molar-refractivity contribution in [3.05, 3.63) is 59.5 Å². The highest BCUT2D eigenvalue weighted by Crippen LogP contribution is 2.15. The first-order valence-corrected chi connectivity index (χ1v) is 11.7. The average Bonchev–Trinajstić information content (AvgIpc) is 3.28. The molecule has 2 N–H and O–H groups in total. The second-order valence-corrected chi connectivity index (χ2v) is 8.38. The van der Waals surface area contributed by atoms with E-state index in [4.69, 9.17) is 18.9 Å². The highest BCUT2D eigenvalue weighted by molar-refractivity contribution is 5.79. The molecule has 1 fully saturated rings. The van der Waals surface area contributed by atoms with Crippen LogP contribution >= 0.6 is 0 Å². The van der Waals surface area contributed by atoms with Gasteiger partial charge in [-0.15, -0.1) is 0 Å². The van der Waals surface area contributed by atoms with Gasteiger partial charge in [-0.1, -0.05) is 24.3 Å². The van der Waals surface area contributed by atoms with Crippen molar-refractivity contribution in [2.75, 3.05) is 32.8 Å². The number of furan rings is 1. The van der Waals surface area contributed by atoms with Crippen LogP contribution in [0.3, 0.4) is 0 Å². The van der Waals surface area contributed by atoms with E-state index in [0.29, 0.717) is 32.0 Å². The summed E-state index contributed by atoms with van der Waals surface area (Å²) in [7, 11) is 0. The molecule has 1 aromatic carbocycles. The Morgan fingerprint density at radius 1 is 1.09 bits per heavy atom. The summed E-state index contributed by atoms with van der Waals surface area (Å²) in [6.45, 7) is 12.8. The van der Waals surface area contributed by atoms with Crippen molar-refractivity contribution in [2.45, 2.75) is 59.1 Å². The minimum absolute atomic E-state index is 0.298. The second kappa shape index (κ2) is 13.3. The fraction of sp³-hybridized carbons (Fsp3) is 0.560. The van der Waals surface area contributed by atoms with E-state index in [1.54, 1.807) is 6.26 Å². The molecule has 2 unspecified atom stereocenters. The van der Waals surface area contributed by atoms with Crippen LogP contribution < -0.4 is 10.6 Å². The van der Waals surface area contributed by atoms with Crippen LogP contribution in [0.2, 0.25) is 0 Å². The molecule has 2 aromatic rings. The fourth-order valence-corrected chi connectivity index (χ4v) is 3.88. The normalized spacial score (nSPS) is 19.8. The van der Waals surface area contributed by atoms with Gasteiger partial charge >= 0.3 is 0 Å². The fourth-order valence-electron chi connectivity index (χ4n) is 3.88. The quantitative estimate of drug-likeness (QED) is 0.315. The average molecular weight is 443 g/mol. The Hall–Kier alpha value is -2.35. The summed E-state index contributed by atoms with van der Waals surface area (Å²) in [5.74, 6) is 1.69. The molecule has 2 atom stereocenters. The largest absolute Gasteiger partial charge is 0.467 e. The van der Waals surface area contributed by atoms with E-state index in [2.05, 4.69) is 60.6 Å². The Labute approximate surface area is 192 Å². The number of aliphatic imine (C=N–C) groups is 1. The number of nitrogens with one attached hydrogen (secondary N) is 2. The minimum atomic E-state index is 0.298. The van der Waals surface area contributed by atoms with Crippen molar-refractivity contribution < 1.29 is 13.9 Å². The molecule has 0 amide bonds. The molecule has 0 saturated carbocycles. The highest BCUT2D eigenvalue weighted by Gasteiger charge is 2.21. The summed E-state index contributed by atoms with van der Waals surface area (Å²) in [6.07, 6.45) is 3.16. The maximum Gasteiger partial charge on any atom is 0.191 e. The Kier molecular flexibility index (Phi) is 10.1. The van der Waals surface area contributed by atoms with E-state index in [1.165, 1.54) is 11.1 Å². The standard InChI is InChI=1S/C25H38N4O3/c1-4-26-25(27-12-6-13-30-19-24-7-5-14-31-24)28-15-22-8-10-23(11-9-22)18-29-16-20(2)32-21(3)17-29/h5,7-11,14,20-21H,4,6,12-13,15-19H2,1-3H3,(H2,26,27,28). The lowest BCUT2D eigenvalue weighted by molar-refractivity contribution is -0.0704. The van der Waals surface area contributed by atoms with Crippen LogP contribution in [0.5, 0.6) is 0 Å². The van der Waals surface area contributed by atoms with Crippen LogP contribution in [-0.4, -0.2) is 55.9 Å². The van der Waals surface area contributed by atoms with Gasteiger partial charge in [0.2, 0.25) is 0 Å². The zero-order valence-corrected chi connectivity index (χ0v) is 19.7. The van der Waals surface area contributed by atoms with Crippen LogP contribution in [0.25, 0.3) is 0 Å². The van der Waals surface area contributed by atoms with Crippen LogP contribution in [-0.2, 0) is 29.2 Å². The lowest BCUT2D eigenvalue weighted by atomic mass is 10.1. The third-order valence-corrected chi connectivity index (χ3v) is 5.27. The minimum Gasteiger partial charge on any atom is -0.467 e. The first-order valence-electron chi connectivity index (χ1n) is 11.7. The first-order chi connectivity index (χ1) is 15.6. The van der Waals surface area contributed by atoms with Crippen molar-refractivity contribution in [1.29, 1.82) is 0 Å². The van der Waals surface area contributed by atoms with Gasteiger partial charge in [0.1, 0.15) is 12.4 Å². The molecule has 3 rings (SSSR count). The zero-order valence-electron chi connectivity index (χ0n) is 19.7. The highest BCUT2D eigenvalue weighted by atomic mass is 16.5. The van der Waals surface area contributed by atoms with E-state index in [1.807, 2.05) is 12.1 Å². The lowest BCUT2D eigenvalue weighted by Crippen LogP contribution is -2.44. The molecule has 7 heteroatoms. The van der Waals surface area contributed by atoms with Crippen molar-refractivity contribution in [3.8, 4) is 0 Å². The molecule has 1 aliphatic rings. The Morgan fingerprint density at radius 3 is 2.53 bits per heavy atom. The molecular formula is C25H38N4O3. The number of rotatable bonds is 11. The summed E-state index contributed by atoms with van der Waals surface area (Å²) in [6, 6.07) is 12.6. The molecule has 0 aliphatic carbocycles. The van der Waals surface area contributed by atoms with E-state index >= 15 is 0 Å². The predicted octanol–water partition coefficient (Wildman–Crippen LogP) is 3.55. The monoisotopic (exact) mass is 442 g/mol. The van der Waals surface area contributed by atoms with Crippen molar-refractivity contribution in [1.82, 2.24) is 15.5 Å². The molecule has 1 saturated heterocycles. The molecule has 1 aliphatic heterocycles. The third-order valence-electron chi connectivity index (χ3n) is 5.27. The van der Waals surface area contributed by atoms with Gasteiger partial charge in [0.05, 0.1) is 25.0 Å². The van der Waals surface area contributed by atoms with Crippen LogP contribution in [0.1, 0.15) is 44.1 Å². The Morgan fingerprint density at radius 2 is 1.84 bits per heavy atom. The van der Waals surface area contributed by atoms with Gasteiger partial charge in [-0.3, -0.25) is 4.90 Å². The number of ether oxygens (including phenoxy) is 2. The van der Waals surface area contributed by atoms with E-state index < -0.39 is 0 Å². The molecule has 0 spiro atoms. The Balaban J connectivity index is 1.38. The van der Waals surface area contributed by atoms with Crippen molar-refractivity contribution in [3.63, 3.8) is 0 Å². The summed E-state index contributed by atoms with van der Waals surface area (Å²) in [5, 5.41) is 6.68. The van der Waals surface area contributed by atoms with Gasteiger partial charge < -0.3 is 24.5 Å². The second-order valence-electron chi connectivity index (χ2n) is 8.38. The number of hydrogen-bond acceptors (Lipinski definition) is 5. The lowest BCUT2D eigenvalue weighted by Gasteiger charge is -2.35. The predicted molar refractivity (Wildman–Crippen MR) is 128 cm³/mol.